The Kier molecular flexibility index (Phi) is 5.66. The maximum absolute atomic E-state index is 5.95. The van der Waals surface area contributed by atoms with Crippen LogP contribution in [0.1, 0.15) is 12.8 Å². The molecule has 16 heavy (non-hydrogen) atoms. The molecule has 1 rings (SSSR count). The summed E-state index contributed by atoms with van der Waals surface area (Å²) in [6.45, 7) is 1.53. The van der Waals surface area contributed by atoms with E-state index in [1.807, 2.05) is 0 Å². The van der Waals surface area contributed by atoms with Crippen LogP contribution in [0.3, 0.4) is 0 Å². The second-order valence-electron chi connectivity index (χ2n) is 3.31. The van der Waals surface area contributed by atoms with Crippen molar-refractivity contribution in [2.45, 2.75) is 12.8 Å². The number of halogens is 2. The molecule has 0 aliphatic rings. The number of rotatable bonds is 6. The third-order valence-electron chi connectivity index (χ3n) is 2.02. The van der Waals surface area contributed by atoms with Gasteiger partial charge in [-0.25, -0.2) is 4.98 Å². The van der Waals surface area contributed by atoms with Gasteiger partial charge in [0, 0.05) is 20.3 Å². The van der Waals surface area contributed by atoms with Crippen LogP contribution in [0, 0.1) is 0 Å². The monoisotopic (exact) mass is 263 g/mol. The number of nitrogens with zero attached hydrogens (tertiary/aromatic N) is 1. The molecule has 0 fully saturated rings. The largest absolute Gasteiger partial charge is 0.385 e. The number of methoxy groups -OCH3 is 1. The smallest absolute Gasteiger partial charge is 0.147 e. The van der Waals surface area contributed by atoms with Crippen LogP contribution in [0.15, 0.2) is 6.07 Å². The van der Waals surface area contributed by atoms with Crippen LogP contribution < -0.4 is 11.1 Å². The number of aromatic nitrogens is 1. The Bertz CT molecular complexity index is 347. The van der Waals surface area contributed by atoms with Gasteiger partial charge >= 0.3 is 0 Å². The molecule has 0 unspecified atom stereocenters. The molecule has 0 aliphatic heterocycles. The van der Waals surface area contributed by atoms with Gasteiger partial charge < -0.3 is 15.8 Å². The average molecular weight is 264 g/mol. The normalized spacial score (nSPS) is 10.4. The summed E-state index contributed by atoms with van der Waals surface area (Å²) in [5.74, 6) is 0.853. The van der Waals surface area contributed by atoms with E-state index in [0.717, 1.165) is 26.0 Å². The number of nitrogen functional groups attached to an aromatic ring is 1. The maximum Gasteiger partial charge on any atom is 0.147 e. The lowest BCUT2D eigenvalue weighted by molar-refractivity contribution is 0.194. The zero-order valence-corrected chi connectivity index (χ0v) is 10.6. The molecule has 0 saturated heterocycles. The number of nitrogens with one attached hydrogen (secondary N) is 1. The minimum atomic E-state index is 0.283. The lowest BCUT2D eigenvalue weighted by Crippen LogP contribution is -2.06. The van der Waals surface area contributed by atoms with Crippen molar-refractivity contribution in [3.8, 4) is 0 Å². The Morgan fingerprint density at radius 1 is 1.38 bits per heavy atom. The molecule has 0 amide bonds. The highest BCUT2D eigenvalue weighted by atomic mass is 35.5. The molecule has 0 aromatic carbocycles. The van der Waals surface area contributed by atoms with Gasteiger partial charge in [0.1, 0.15) is 11.6 Å². The third-order valence-corrected chi connectivity index (χ3v) is 2.62. The van der Waals surface area contributed by atoms with E-state index < -0.39 is 0 Å². The molecule has 0 spiro atoms. The molecule has 6 heteroatoms. The van der Waals surface area contributed by atoms with Gasteiger partial charge in [0.25, 0.3) is 0 Å². The number of hydrogen-bond acceptors (Lipinski definition) is 4. The van der Waals surface area contributed by atoms with E-state index in [4.69, 9.17) is 33.7 Å². The quantitative estimate of drug-likeness (QED) is 0.775. The number of hydrogen-bond donors (Lipinski definition) is 2. The summed E-state index contributed by atoms with van der Waals surface area (Å²) in [6.07, 6.45) is 1.97. The molecule has 1 heterocycles. The van der Waals surface area contributed by atoms with Gasteiger partial charge in [0.05, 0.1) is 10.0 Å². The predicted octanol–water partition coefficient (Wildman–Crippen LogP) is 2.81. The van der Waals surface area contributed by atoms with Gasteiger partial charge in [-0.2, -0.15) is 0 Å². The summed E-state index contributed by atoms with van der Waals surface area (Å²) in [7, 11) is 1.69. The Morgan fingerprint density at radius 3 is 2.81 bits per heavy atom. The fraction of sp³-hybridized carbons (Fsp3) is 0.500. The summed E-state index contributed by atoms with van der Waals surface area (Å²) in [4.78, 5) is 4.06. The van der Waals surface area contributed by atoms with E-state index >= 15 is 0 Å². The van der Waals surface area contributed by atoms with Crippen molar-refractivity contribution in [2.24, 2.45) is 0 Å². The lowest BCUT2D eigenvalue weighted by Gasteiger charge is -2.08. The van der Waals surface area contributed by atoms with Crippen LogP contribution in [0.4, 0.5) is 11.6 Å². The Balaban J connectivity index is 2.45. The van der Waals surface area contributed by atoms with E-state index in [0.29, 0.717) is 15.9 Å². The van der Waals surface area contributed by atoms with Crippen molar-refractivity contribution in [2.75, 3.05) is 31.3 Å². The number of nitrogens with two attached hydrogens (primary N) is 1. The Morgan fingerprint density at radius 2 is 2.12 bits per heavy atom. The molecular formula is C10H15Cl2N3O. The number of unbranched alkanes of at least 4 members (excludes halogenated alkanes) is 1. The summed E-state index contributed by atoms with van der Waals surface area (Å²) in [5.41, 5.74) is 5.58. The molecule has 0 aliphatic carbocycles. The summed E-state index contributed by atoms with van der Waals surface area (Å²) in [5, 5.41) is 3.95. The highest BCUT2D eigenvalue weighted by Crippen LogP contribution is 2.27. The van der Waals surface area contributed by atoms with Crippen molar-refractivity contribution in [3.63, 3.8) is 0 Å². The zero-order chi connectivity index (χ0) is 12.0. The minimum Gasteiger partial charge on any atom is -0.385 e. The van der Waals surface area contributed by atoms with Crippen molar-refractivity contribution >= 4 is 34.8 Å². The fourth-order valence-corrected chi connectivity index (χ4v) is 1.61. The fourth-order valence-electron chi connectivity index (χ4n) is 1.18. The van der Waals surface area contributed by atoms with E-state index in [9.17, 15) is 0 Å². The molecule has 1 aromatic heterocycles. The average Bonchev–Trinajstić information content (AvgIpc) is 2.25. The van der Waals surface area contributed by atoms with E-state index in [1.54, 1.807) is 13.2 Å². The van der Waals surface area contributed by atoms with Crippen molar-refractivity contribution in [1.29, 1.82) is 0 Å². The first-order valence-electron chi connectivity index (χ1n) is 4.99. The number of pyridine rings is 1. The molecule has 3 N–H and O–H groups in total. The second-order valence-corrected chi connectivity index (χ2v) is 4.13. The van der Waals surface area contributed by atoms with Gasteiger partial charge in [0.2, 0.25) is 0 Å². The lowest BCUT2D eigenvalue weighted by atomic mass is 10.3. The number of anilines is 2. The van der Waals surface area contributed by atoms with Crippen molar-refractivity contribution in [3.05, 3.63) is 16.1 Å². The van der Waals surface area contributed by atoms with Crippen LogP contribution in [0.2, 0.25) is 10.0 Å². The third kappa shape index (κ3) is 4.04. The predicted molar refractivity (Wildman–Crippen MR) is 68.3 cm³/mol. The summed E-state index contributed by atoms with van der Waals surface area (Å²) >= 11 is 11.7. The second kappa shape index (κ2) is 6.78. The maximum atomic E-state index is 5.95. The van der Waals surface area contributed by atoms with Gasteiger partial charge in [-0.15, -0.1) is 0 Å². The van der Waals surface area contributed by atoms with Gasteiger partial charge in [-0.3, -0.25) is 0 Å². The molecular weight excluding hydrogens is 249 g/mol. The van der Waals surface area contributed by atoms with E-state index in [2.05, 4.69) is 10.3 Å². The first-order valence-corrected chi connectivity index (χ1v) is 5.75. The molecule has 0 radical (unpaired) electrons. The zero-order valence-electron chi connectivity index (χ0n) is 9.09. The van der Waals surface area contributed by atoms with Crippen LogP contribution >= 0.6 is 23.2 Å². The standard InChI is InChI=1S/C10H15Cl2N3O/c1-16-5-3-2-4-14-10-8(12)6-7(11)9(13)15-10/h6H,2-5H2,1H3,(H3,13,14,15). The van der Waals surface area contributed by atoms with Gasteiger partial charge in [-0.05, 0) is 18.9 Å². The van der Waals surface area contributed by atoms with Gasteiger partial charge in [-0.1, -0.05) is 23.2 Å². The minimum absolute atomic E-state index is 0.283. The molecule has 0 bridgehead atoms. The molecule has 90 valence electrons. The van der Waals surface area contributed by atoms with E-state index in [-0.39, 0.29) is 5.82 Å². The first kappa shape index (κ1) is 13.4. The molecule has 0 saturated carbocycles. The van der Waals surface area contributed by atoms with Crippen LogP contribution in [-0.2, 0) is 4.74 Å². The van der Waals surface area contributed by atoms with E-state index in [1.165, 1.54) is 0 Å². The molecule has 0 atom stereocenters. The van der Waals surface area contributed by atoms with Crippen molar-refractivity contribution in [1.82, 2.24) is 4.98 Å². The van der Waals surface area contributed by atoms with Crippen LogP contribution in [0.5, 0.6) is 0 Å². The summed E-state index contributed by atoms with van der Waals surface area (Å²) < 4.78 is 4.95. The van der Waals surface area contributed by atoms with Crippen LogP contribution in [-0.4, -0.2) is 25.2 Å². The SMILES string of the molecule is COCCCCNc1nc(N)c(Cl)cc1Cl. The van der Waals surface area contributed by atoms with Crippen LogP contribution in [0.25, 0.3) is 0 Å². The van der Waals surface area contributed by atoms with Crippen molar-refractivity contribution < 1.29 is 4.74 Å². The summed E-state index contributed by atoms with van der Waals surface area (Å²) in [6, 6.07) is 1.59. The Labute approximate surface area is 105 Å². The molecule has 1 aromatic rings. The molecule has 4 nitrogen and oxygen atoms in total. The van der Waals surface area contributed by atoms with Gasteiger partial charge in [0.15, 0.2) is 0 Å². The Hall–Kier alpha value is -0.710. The highest BCUT2D eigenvalue weighted by Gasteiger charge is 2.05. The first-order chi connectivity index (χ1) is 7.65. The highest BCUT2D eigenvalue weighted by molar-refractivity contribution is 6.37. The number of ether oxygens (including phenoxy) is 1. The topological polar surface area (TPSA) is 60.2 Å².